The number of hydrogen-bond acceptors (Lipinski definition) is 3. The first kappa shape index (κ1) is 16.7. The quantitative estimate of drug-likeness (QED) is 0.853. The zero-order valence-electron chi connectivity index (χ0n) is 13.4. The van der Waals surface area contributed by atoms with Crippen molar-refractivity contribution in [3.63, 3.8) is 0 Å². The largest absolute Gasteiger partial charge is 0.349 e. The van der Waals surface area contributed by atoms with Crippen molar-refractivity contribution in [2.45, 2.75) is 6.42 Å². The van der Waals surface area contributed by atoms with Gasteiger partial charge in [0.05, 0.1) is 5.92 Å². The van der Waals surface area contributed by atoms with Crippen molar-refractivity contribution in [1.82, 2.24) is 9.80 Å². The lowest BCUT2D eigenvalue weighted by Gasteiger charge is -2.18. The third-order valence-electron chi connectivity index (χ3n) is 3.85. The molecule has 1 fully saturated rings. The Morgan fingerprint density at radius 3 is 2.48 bits per heavy atom. The summed E-state index contributed by atoms with van der Waals surface area (Å²) in [7, 11) is 3.45. The number of nitrogens with one attached hydrogen (secondary N) is 1. The van der Waals surface area contributed by atoms with E-state index in [1.165, 1.54) is 6.08 Å². The number of amides is 3. The lowest BCUT2D eigenvalue weighted by atomic mass is 10.1. The second-order valence-corrected chi connectivity index (χ2v) is 5.74. The van der Waals surface area contributed by atoms with E-state index in [2.05, 4.69) is 11.9 Å². The number of hydrogen-bond donors (Lipinski definition) is 1. The molecule has 122 valence electrons. The minimum atomic E-state index is -0.298. The van der Waals surface area contributed by atoms with Crippen LogP contribution in [0.15, 0.2) is 36.9 Å². The molecule has 6 heteroatoms. The minimum Gasteiger partial charge on any atom is -0.349 e. The van der Waals surface area contributed by atoms with Gasteiger partial charge in [0, 0.05) is 38.4 Å². The Hall–Kier alpha value is -2.63. The monoisotopic (exact) mass is 315 g/mol. The Bertz CT molecular complexity index is 622. The molecule has 0 bridgehead atoms. The highest BCUT2D eigenvalue weighted by atomic mass is 16.2. The van der Waals surface area contributed by atoms with E-state index in [-0.39, 0.29) is 23.6 Å². The highest BCUT2D eigenvalue weighted by Crippen LogP contribution is 2.21. The van der Waals surface area contributed by atoms with Crippen molar-refractivity contribution < 1.29 is 14.4 Å². The second kappa shape index (κ2) is 7.09. The lowest BCUT2D eigenvalue weighted by Crippen LogP contribution is -2.34. The predicted octanol–water partition coefficient (Wildman–Crippen LogP) is 1.36. The normalized spacial score (nSPS) is 16.8. The van der Waals surface area contributed by atoms with Gasteiger partial charge in [0.2, 0.25) is 11.8 Å². The summed E-state index contributed by atoms with van der Waals surface area (Å²) in [5.41, 5.74) is 1.15. The van der Waals surface area contributed by atoms with Gasteiger partial charge in [0.1, 0.15) is 0 Å². The van der Waals surface area contributed by atoms with Crippen molar-refractivity contribution in [2.24, 2.45) is 5.92 Å². The van der Waals surface area contributed by atoms with Gasteiger partial charge < -0.3 is 15.1 Å². The van der Waals surface area contributed by atoms with Crippen LogP contribution in [0.3, 0.4) is 0 Å². The molecule has 1 heterocycles. The smallest absolute Gasteiger partial charge is 0.253 e. The van der Waals surface area contributed by atoms with Gasteiger partial charge in [0.25, 0.3) is 5.91 Å². The zero-order chi connectivity index (χ0) is 17.0. The molecule has 6 nitrogen and oxygen atoms in total. The molecular weight excluding hydrogens is 294 g/mol. The number of benzene rings is 1. The number of likely N-dealkylation sites (tertiary alicyclic amines) is 1. The summed E-state index contributed by atoms with van der Waals surface area (Å²) in [6.45, 7) is 4.42. The molecule has 0 aromatic heterocycles. The zero-order valence-corrected chi connectivity index (χ0v) is 13.4. The summed E-state index contributed by atoms with van der Waals surface area (Å²) >= 11 is 0. The highest BCUT2D eigenvalue weighted by Gasteiger charge is 2.32. The standard InChI is InChI=1S/C17H21N3O3/c1-4-15(21)18-14-7-5-12(6-8-14)17(23)20-10-9-13(11-20)16(22)19(2)3/h4-8,13H,1,9-11H2,2-3H3,(H,18,21). The van der Waals surface area contributed by atoms with Crippen LogP contribution in [0.2, 0.25) is 0 Å². The molecule has 1 aromatic carbocycles. The predicted molar refractivity (Wildman–Crippen MR) is 88.0 cm³/mol. The molecule has 1 aliphatic rings. The summed E-state index contributed by atoms with van der Waals surface area (Å²) in [5, 5.41) is 2.63. The van der Waals surface area contributed by atoms with Crippen molar-refractivity contribution in [3.8, 4) is 0 Å². The van der Waals surface area contributed by atoms with E-state index in [4.69, 9.17) is 0 Å². The Kier molecular flexibility index (Phi) is 5.16. The third-order valence-corrected chi connectivity index (χ3v) is 3.85. The topological polar surface area (TPSA) is 69.7 Å². The Morgan fingerprint density at radius 1 is 1.26 bits per heavy atom. The van der Waals surface area contributed by atoms with E-state index in [1.807, 2.05) is 0 Å². The fraction of sp³-hybridized carbons (Fsp3) is 0.353. The van der Waals surface area contributed by atoms with E-state index in [0.29, 0.717) is 30.8 Å². The summed E-state index contributed by atoms with van der Waals surface area (Å²) in [5.74, 6) is -0.461. The first-order valence-electron chi connectivity index (χ1n) is 7.46. The van der Waals surface area contributed by atoms with Gasteiger partial charge in [-0.3, -0.25) is 14.4 Å². The Labute approximate surface area is 135 Å². The van der Waals surface area contributed by atoms with E-state index in [9.17, 15) is 14.4 Å². The third kappa shape index (κ3) is 3.97. The van der Waals surface area contributed by atoms with Crippen LogP contribution in [0.5, 0.6) is 0 Å². The van der Waals surface area contributed by atoms with Crippen LogP contribution in [0.1, 0.15) is 16.8 Å². The molecule has 23 heavy (non-hydrogen) atoms. The number of nitrogens with zero attached hydrogens (tertiary/aromatic N) is 2. The van der Waals surface area contributed by atoms with Gasteiger partial charge in [0.15, 0.2) is 0 Å². The summed E-state index contributed by atoms with van der Waals surface area (Å²) < 4.78 is 0. The van der Waals surface area contributed by atoms with Crippen LogP contribution in [0, 0.1) is 5.92 Å². The van der Waals surface area contributed by atoms with Gasteiger partial charge in [-0.05, 0) is 36.8 Å². The van der Waals surface area contributed by atoms with Crippen molar-refractivity contribution in [3.05, 3.63) is 42.5 Å². The first-order chi connectivity index (χ1) is 10.9. The van der Waals surface area contributed by atoms with E-state index in [1.54, 1.807) is 48.2 Å². The van der Waals surface area contributed by atoms with E-state index >= 15 is 0 Å². The average Bonchev–Trinajstić information content (AvgIpc) is 3.03. The van der Waals surface area contributed by atoms with Crippen LogP contribution >= 0.6 is 0 Å². The molecule has 1 saturated heterocycles. The number of carbonyl (C=O) groups is 3. The van der Waals surface area contributed by atoms with E-state index in [0.717, 1.165) is 0 Å². The van der Waals surface area contributed by atoms with Crippen LogP contribution in [0.25, 0.3) is 0 Å². The number of rotatable bonds is 4. The lowest BCUT2D eigenvalue weighted by molar-refractivity contribution is -0.132. The van der Waals surface area contributed by atoms with Crippen LogP contribution < -0.4 is 5.32 Å². The fourth-order valence-electron chi connectivity index (χ4n) is 2.58. The van der Waals surface area contributed by atoms with Gasteiger partial charge in [-0.25, -0.2) is 0 Å². The molecule has 1 aliphatic heterocycles. The molecule has 1 aromatic rings. The molecule has 2 rings (SSSR count). The van der Waals surface area contributed by atoms with Crippen LogP contribution in [0.4, 0.5) is 5.69 Å². The fourth-order valence-corrected chi connectivity index (χ4v) is 2.58. The minimum absolute atomic E-state index is 0.0581. The van der Waals surface area contributed by atoms with Gasteiger partial charge >= 0.3 is 0 Å². The van der Waals surface area contributed by atoms with E-state index < -0.39 is 0 Å². The first-order valence-corrected chi connectivity index (χ1v) is 7.46. The molecule has 0 saturated carbocycles. The van der Waals surface area contributed by atoms with Crippen molar-refractivity contribution in [2.75, 3.05) is 32.5 Å². The number of carbonyl (C=O) groups excluding carboxylic acids is 3. The summed E-state index contributed by atoms with van der Waals surface area (Å²) in [6.07, 6.45) is 1.88. The molecular formula is C17H21N3O3. The van der Waals surface area contributed by atoms with Crippen molar-refractivity contribution >= 4 is 23.4 Å². The Morgan fingerprint density at radius 2 is 1.91 bits per heavy atom. The molecule has 0 aliphatic carbocycles. The van der Waals surface area contributed by atoms with Gasteiger partial charge in [-0.1, -0.05) is 6.58 Å². The number of anilines is 1. The maximum Gasteiger partial charge on any atom is 0.253 e. The maximum atomic E-state index is 12.5. The molecule has 0 spiro atoms. The molecule has 1 unspecified atom stereocenters. The van der Waals surface area contributed by atoms with Crippen molar-refractivity contribution in [1.29, 1.82) is 0 Å². The highest BCUT2D eigenvalue weighted by molar-refractivity contribution is 6.00. The maximum absolute atomic E-state index is 12.5. The molecule has 1 N–H and O–H groups in total. The average molecular weight is 315 g/mol. The summed E-state index contributed by atoms with van der Waals surface area (Å²) in [4.78, 5) is 38.9. The molecule has 0 radical (unpaired) electrons. The van der Waals surface area contributed by atoms with Gasteiger partial charge in [-0.15, -0.1) is 0 Å². The second-order valence-electron chi connectivity index (χ2n) is 5.74. The van der Waals surface area contributed by atoms with Crippen LogP contribution in [-0.4, -0.2) is 54.7 Å². The van der Waals surface area contributed by atoms with Gasteiger partial charge in [-0.2, -0.15) is 0 Å². The molecule has 3 amide bonds. The van der Waals surface area contributed by atoms with Crippen LogP contribution in [-0.2, 0) is 9.59 Å². The summed E-state index contributed by atoms with van der Waals surface area (Å²) in [6, 6.07) is 6.69. The molecule has 1 atom stereocenters. The Balaban J connectivity index is 2.00. The SMILES string of the molecule is C=CC(=O)Nc1ccc(C(=O)N2CCC(C(=O)N(C)C)C2)cc1.